The van der Waals surface area contributed by atoms with Crippen molar-refractivity contribution in [3.8, 4) is 5.75 Å². The highest BCUT2D eigenvalue weighted by atomic mass is 79.9. The van der Waals surface area contributed by atoms with Gasteiger partial charge in [0.1, 0.15) is 16.7 Å². The summed E-state index contributed by atoms with van der Waals surface area (Å²) in [6.07, 6.45) is 1.51. The molecule has 3 rings (SSSR count). The van der Waals surface area contributed by atoms with E-state index in [2.05, 4.69) is 15.9 Å². The number of benzene rings is 2. The first-order valence-electron chi connectivity index (χ1n) is 8.58. The van der Waals surface area contributed by atoms with Gasteiger partial charge >= 0.3 is 5.97 Å². The summed E-state index contributed by atoms with van der Waals surface area (Å²) in [7, 11) is 0. The number of aliphatic carboxylic acids is 1. The largest absolute Gasteiger partial charge is 0.488 e. The van der Waals surface area contributed by atoms with Crippen molar-refractivity contribution in [1.82, 2.24) is 4.90 Å². The van der Waals surface area contributed by atoms with E-state index in [0.717, 1.165) is 21.8 Å². The normalized spacial score (nSPS) is 15.2. The van der Waals surface area contributed by atoms with Crippen molar-refractivity contribution in [2.45, 2.75) is 13.0 Å². The van der Waals surface area contributed by atoms with Gasteiger partial charge in [0.05, 0.1) is 11.3 Å². The van der Waals surface area contributed by atoms with Crippen LogP contribution >= 0.6 is 63.1 Å². The number of nitrogens with zero attached hydrogens (tertiary/aromatic N) is 1. The molecule has 0 bridgehead atoms. The molecule has 0 spiro atoms. The predicted octanol–water partition coefficient (Wildman–Crippen LogP) is 6.01. The van der Waals surface area contributed by atoms with Crippen molar-refractivity contribution < 1.29 is 19.4 Å². The summed E-state index contributed by atoms with van der Waals surface area (Å²) in [5, 5.41) is 9.90. The number of carboxylic acids is 1. The van der Waals surface area contributed by atoms with E-state index in [1.165, 1.54) is 4.90 Å². The zero-order valence-electron chi connectivity index (χ0n) is 15.2. The highest BCUT2D eigenvalue weighted by Gasteiger charge is 2.32. The second-order valence-corrected chi connectivity index (χ2v) is 9.62. The number of thiocarbonyl (C=S) groups is 1. The minimum Gasteiger partial charge on any atom is -0.488 e. The van der Waals surface area contributed by atoms with Crippen molar-refractivity contribution >= 4 is 85.4 Å². The minimum atomic E-state index is -0.989. The average molecular weight is 547 g/mol. The second kappa shape index (κ2) is 10.2. The first-order chi connectivity index (χ1) is 14.2. The molecule has 1 N–H and O–H groups in total. The Labute approximate surface area is 201 Å². The highest BCUT2D eigenvalue weighted by Crippen LogP contribution is 2.35. The monoisotopic (exact) mass is 545 g/mol. The maximum atomic E-state index is 12.7. The van der Waals surface area contributed by atoms with Gasteiger partial charge in [-0.05, 0) is 36.4 Å². The fourth-order valence-corrected chi connectivity index (χ4v) is 4.74. The van der Waals surface area contributed by atoms with Gasteiger partial charge in [0.15, 0.2) is 0 Å². The minimum absolute atomic E-state index is 0.0360. The predicted molar refractivity (Wildman–Crippen MR) is 127 cm³/mol. The van der Waals surface area contributed by atoms with Crippen molar-refractivity contribution in [2.75, 3.05) is 6.54 Å². The molecule has 1 aliphatic rings. The van der Waals surface area contributed by atoms with Gasteiger partial charge in [0.2, 0.25) is 0 Å². The second-order valence-electron chi connectivity index (χ2n) is 6.18. The molecular formula is C20H14BrCl2NO4S2. The first kappa shape index (κ1) is 23.1. The Morgan fingerprint density at radius 2 is 2.03 bits per heavy atom. The standard InChI is InChI=1S/C20H14BrCl2NO4S2/c21-13-2-4-16(28-10-11-1-3-14(22)9-15(11)23)12(7-13)8-17-19(27)24(20(29)30-17)6-5-18(25)26/h1-4,7-9H,5-6,10H2,(H,25,26)/b17-8+. The molecule has 1 fully saturated rings. The van der Waals surface area contributed by atoms with Crippen LogP contribution in [-0.4, -0.2) is 32.7 Å². The maximum absolute atomic E-state index is 12.7. The number of ether oxygens (including phenoxy) is 1. The third-order valence-electron chi connectivity index (χ3n) is 4.08. The summed E-state index contributed by atoms with van der Waals surface area (Å²) in [6.45, 7) is 0.256. The number of halogens is 3. The molecule has 1 aliphatic heterocycles. The van der Waals surface area contributed by atoms with Gasteiger partial charge < -0.3 is 9.84 Å². The Morgan fingerprint density at radius 3 is 2.73 bits per heavy atom. The lowest BCUT2D eigenvalue weighted by atomic mass is 10.1. The molecule has 2 aromatic carbocycles. The summed E-state index contributed by atoms with van der Waals surface area (Å²) in [6, 6.07) is 10.6. The number of rotatable bonds is 7. The zero-order valence-corrected chi connectivity index (χ0v) is 20.0. The lowest BCUT2D eigenvalue weighted by molar-refractivity contribution is -0.137. The third kappa shape index (κ3) is 5.76. The summed E-state index contributed by atoms with van der Waals surface area (Å²) < 4.78 is 7.08. The molecule has 2 aromatic rings. The van der Waals surface area contributed by atoms with Crippen LogP contribution in [0.4, 0.5) is 0 Å². The smallest absolute Gasteiger partial charge is 0.305 e. The van der Waals surface area contributed by atoms with E-state index in [-0.39, 0.29) is 25.5 Å². The Bertz CT molecular complexity index is 1060. The van der Waals surface area contributed by atoms with Crippen molar-refractivity contribution in [2.24, 2.45) is 0 Å². The summed E-state index contributed by atoms with van der Waals surface area (Å²) in [4.78, 5) is 25.2. The summed E-state index contributed by atoms with van der Waals surface area (Å²) in [5.41, 5.74) is 1.45. The molecule has 0 atom stereocenters. The third-order valence-corrected chi connectivity index (χ3v) is 6.54. The molecule has 1 amide bonds. The Morgan fingerprint density at radius 1 is 1.27 bits per heavy atom. The van der Waals surface area contributed by atoms with Crippen LogP contribution in [-0.2, 0) is 16.2 Å². The molecule has 10 heteroatoms. The Kier molecular flexibility index (Phi) is 7.81. The quantitative estimate of drug-likeness (QED) is 0.339. The molecular weight excluding hydrogens is 533 g/mol. The maximum Gasteiger partial charge on any atom is 0.305 e. The molecule has 156 valence electrons. The molecule has 0 unspecified atom stereocenters. The van der Waals surface area contributed by atoms with E-state index < -0.39 is 5.97 Å². The number of thioether (sulfide) groups is 1. The molecule has 30 heavy (non-hydrogen) atoms. The number of hydrogen-bond acceptors (Lipinski definition) is 5. The average Bonchev–Trinajstić information content (AvgIpc) is 2.93. The molecule has 5 nitrogen and oxygen atoms in total. The fraction of sp³-hybridized carbons (Fsp3) is 0.150. The van der Waals surface area contributed by atoms with Crippen LogP contribution in [0.3, 0.4) is 0 Å². The van der Waals surface area contributed by atoms with Gasteiger partial charge in [0.25, 0.3) is 5.91 Å². The number of carboxylic acid groups (broad SMARTS) is 1. The van der Waals surface area contributed by atoms with Crippen LogP contribution in [0.25, 0.3) is 6.08 Å². The van der Waals surface area contributed by atoms with Gasteiger partial charge in [-0.1, -0.05) is 69.2 Å². The van der Waals surface area contributed by atoms with E-state index in [4.69, 9.17) is 45.3 Å². The molecule has 0 saturated carbocycles. The van der Waals surface area contributed by atoms with Crippen LogP contribution in [0.5, 0.6) is 5.75 Å². The van der Waals surface area contributed by atoms with E-state index in [1.54, 1.807) is 30.3 Å². The fourth-order valence-electron chi connectivity index (χ4n) is 2.60. The molecule has 0 radical (unpaired) electrons. The Hall–Kier alpha value is -1.58. The van der Waals surface area contributed by atoms with Gasteiger partial charge in [0, 0.05) is 32.2 Å². The number of hydrogen-bond donors (Lipinski definition) is 1. The summed E-state index contributed by atoms with van der Waals surface area (Å²) in [5.74, 6) is -0.755. The van der Waals surface area contributed by atoms with Crippen LogP contribution in [0.1, 0.15) is 17.5 Å². The van der Waals surface area contributed by atoms with E-state index in [9.17, 15) is 9.59 Å². The number of amides is 1. The highest BCUT2D eigenvalue weighted by molar-refractivity contribution is 9.10. The van der Waals surface area contributed by atoms with Crippen molar-refractivity contribution in [1.29, 1.82) is 0 Å². The Balaban J connectivity index is 1.82. The lowest BCUT2D eigenvalue weighted by Crippen LogP contribution is -2.30. The summed E-state index contributed by atoms with van der Waals surface area (Å²) >= 11 is 21.9. The van der Waals surface area contributed by atoms with Crippen LogP contribution in [0, 0.1) is 0 Å². The van der Waals surface area contributed by atoms with Crippen LogP contribution in [0.2, 0.25) is 10.0 Å². The van der Waals surface area contributed by atoms with Gasteiger partial charge in [-0.3, -0.25) is 14.5 Å². The van der Waals surface area contributed by atoms with Gasteiger partial charge in [-0.2, -0.15) is 0 Å². The van der Waals surface area contributed by atoms with E-state index >= 15 is 0 Å². The zero-order chi connectivity index (χ0) is 21.8. The molecule has 0 aliphatic carbocycles. The molecule has 1 saturated heterocycles. The van der Waals surface area contributed by atoms with Crippen LogP contribution in [0.15, 0.2) is 45.8 Å². The number of carbonyl (C=O) groups excluding carboxylic acids is 1. The van der Waals surface area contributed by atoms with E-state index in [0.29, 0.717) is 30.6 Å². The van der Waals surface area contributed by atoms with Crippen LogP contribution < -0.4 is 4.74 Å². The SMILES string of the molecule is O=C(O)CCN1C(=O)/C(=C\c2cc(Br)ccc2OCc2ccc(Cl)cc2Cl)SC1=S. The van der Waals surface area contributed by atoms with E-state index in [1.807, 2.05) is 12.1 Å². The lowest BCUT2D eigenvalue weighted by Gasteiger charge is -2.13. The molecule has 0 aromatic heterocycles. The number of carbonyl (C=O) groups is 2. The first-order valence-corrected chi connectivity index (χ1v) is 11.4. The topological polar surface area (TPSA) is 66.8 Å². The van der Waals surface area contributed by atoms with Gasteiger partial charge in [-0.15, -0.1) is 0 Å². The molecule has 1 heterocycles. The van der Waals surface area contributed by atoms with Crippen molar-refractivity contribution in [3.05, 3.63) is 66.9 Å². The van der Waals surface area contributed by atoms with Gasteiger partial charge in [-0.25, -0.2) is 0 Å². The van der Waals surface area contributed by atoms with Crippen molar-refractivity contribution in [3.63, 3.8) is 0 Å².